The lowest BCUT2D eigenvalue weighted by atomic mass is 9.74. The second-order valence-electron chi connectivity index (χ2n) is 8.35. The van der Waals surface area contributed by atoms with Crippen molar-refractivity contribution in [3.8, 4) is 5.75 Å². The number of ether oxygens (including phenoxy) is 2. The van der Waals surface area contributed by atoms with Crippen molar-refractivity contribution < 1.29 is 19.1 Å². The summed E-state index contributed by atoms with van der Waals surface area (Å²) in [5.41, 5.74) is 0.840. The molecule has 6 nitrogen and oxygen atoms in total. The first-order valence-electron chi connectivity index (χ1n) is 10.4. The largest absolute Gasteiger partial charge is 0.496 e. The number of likely N-dealkylation sites (N-methyl/N-ethyl adjacent to an activating group) is 1. The third-order valence-electron chi connectivity index (χ3n) is 6.68. The Hall–Kier alpha value is -1.79. The van der Waals surface area contributed by atoms with Gasteiger partial charge in [0, 0.05) is 26.1 Å². The Morgan fingerprint density at radius 1 is 1.28 bits per heavy atom. The highest BCUT2D eigenvalue weighted by Gasteiger charge is 2.50. The average molecular weight is 423 g/mol. The fourth-order valence-electron chi connectivity index (χ4n) is 5.03. The van der Waals surface area contributed by atoms with Crippen molar-refractivity contribution in [3.05, 3.63) is 29.3 Å². The fraction of sp³-hybridized carbons (Fsp3) is 0.636. The van der Waals surface area contributed by atoms with Crippen molar-refractivity contribution in [3.63, 3.8) is 0 Å². The summed E-state index contributed by atoms with van der Waals surface area (Å²) in [6.45, 7) is 4.05. The maximum absolute atomic E-state index is 12.9. The van der Waals surface area contributed by atoms with Crippen LogP contribution >= 0.6 is 12.4 Å². The van der Waals surface area contributed by atoms with Crippen molar-refractivity contribution in [2.45, 2.75) is 44.1 Å². The second-order valence-corrected chi connectivity index (χ2v) is 8.35. The van der Waals surface area contributed by atoms with Crippen molar-refractivity contribution in [2.75, 3.05) is 40.3 Å². The molecule has 4 rings (SSSR count). The van der Waals surface area contributed by atoms with E-state index in [1.165, 1.54) is 12.8 Å². The van der Waals surface area contributed by atoms with Gasteiger partial charge in [-0.15, -0.1) is 12.4 Å². The number of likely N-dealkylation sites (tertiary alicyclic amines) is 1. The van der Waals surface area contributed by atoms with Gasteiger partial charge in [0.05, 0.1) is 18.2 Å². The first-order chi connectivity index (χ1) is 13.5. The Morgan fingerprint density at radius 2 is 1.97 bits per heavy atom. The Kier molecular flexibility index (Phi) is 6.74. The molecule has 0 atom stereocenters. The average Bonchev–Trinajstić information content (AvgIpc) is 3.33. The molecule has 1 aromatic rings. The molecule has 0 N–H and O–H groups in total. The van der Waals surface area contributed by atoms with E-state index in [1.54, 1.807) is 13.2 Å². The lowest BCUT2D eigenvalue weighted by molar-refractivity contribution is -0.137. The number of rotatable bonds is 5. The van der Waals surface area contributed by atoms with E-state index in [2.05, 4.69) is 4.90 Å². The summed E-state index contributed by atoms with van der Waals surface area (Å²) in [5.74, 6) is 0.655. The van der Waals surface area contributed by atoms with Crippen LogP contribution in [0.3, 0.4) is 0 Å². The molecular formula is C22H31ClN2O4. The highest BCUT2D eigenvalue weighted by atomic mass is 35.5. The molecule has 1 aromatic carbocycles. The normalized spacial score (nSPS) is 26.0. The second kappa shape index (κ2) is 8.92. The molecule has 3 aliphatic rings. The molecule has 2 aliphatic heterocycles. The third kappa shape index (κ3) is 4.10. The van der Waals surface area contributed by atoms with Crippen LogP contribution in [0, 0.1) is 5.92 Å². The summed E-state index contributed by atoms with van der Waals surface area (Å²) < 4.78 is 11.4. The lowest BCUT2D eigenvalue weighted by Crippen LogP contribution is -2.41. The number of halogens is 1. The molecule has 2 heterocycles. The van der Waals surface area contributed by atoms with Crippen LogP contribution in [0.5, 0.6) is 5.75 Å². The molecule has 7 heteroatoms. The van der Waals surface area contributed by atoms with Crippen molar-refractivity contribution in [1.29, 1.82) is 0 Å². The molecule has 160 valence electrons. The molecule has 0 radical (unpaired) electrons. The highest BCUT2D eigenvalue weighted by Crippen LogP contribution is 2.51. The van der Waals surface area contributed by atoms with Gasteiger partial charge < -0.3 is 19.3 Å². The summed E-state index contributed by atoms with van der Waals surface area (Å²) in [4.78, 5) is 29.6. The minimum absolute atomic E-state index is 0. The van der Waals surface area contributed by atoms with Crippen LogP contribution in [0.25, 0.3) is 0 Å². The van der Waals surface area contributed by atoms with Crippen LogP contribution in [-0.4, -0.2) is 62.0 Å². The molecule has 1 aliphatic carbocycles. The van der Waals surface area contributed by atoms with Crippen molar-refractivity contribution >= 4 is 24.3 Å². The number of amides is 1. The summed E-state index contributed by atoms with van der Waals surface area (Å²) >= 11 is 0. The molecule has 0 aromatic heterocycles. The van der Waals surface area contributed by atoms with Gasteiger partial charge in [-0.2, -0.15) is 0 Å². The molecule has 29 heavy (non-hydrogen) atoms. The minimum atomic E-state index is -0.635. The number of fused-ring (bicyclic) bond motifs is 2. The molecule has 0 unspecified atom stereocenters. The van der Waals surface area contributed by atoms with Crippen LogP contribution in [0.15, 0.2) is 18.2 Å². The fourth-order valence-corrected chi connectivity index (χ4v) is 5.03. The van der Waals surface area contributed by atoms with E-state index in [-0.39, 0.29) is 30.2 Å². The minimum Gasteiger partial charge on any atom is -0.496 e. The number of carbonyl (C=O) groups excluding carboxylic acids is 2. The van der Waals surface area contributed by atoms with Crippen molar-refractivity contribution in [1.82, 2.24) is 9.80 Å². The van der Waals surface area contributed by atoms with E-state index in [1.807, 2.05) is 24.1 Å². The standard InChI is InChI=1S/C22H30N2O4.ClH/c1-23(14-15-24-12-3-4-13-24)20(25)16-8-10-22(11-9-16)19-17(21(26)28-22)6-5-7-18(19)27-2;/h5-7,16H,3-4,8-15H2,1-2H3;1H. The van der Waals surface area contributed by atoms with E-state index in [0.29, 0.717) is 24.2 Å². The maximum Gasteiger partial charge on any atom is 0.339 e. The van der Waals surface area contributed by atoms with Gasteiger partial charge in [-0.05, 0) is 63.7 Å². The van der Waals surface area contributed by atoms with E-state index in [4.69, 9.17) is 9.47 Å². The zero-order chi connectivity index (χ0) is 19.7. The Bertz CT molecular complexity index is 755. The first kappa shape index (κ1) is 21.9. The number of hydrogen-bond donors (Lipinski definition) is 0. The number of carbonyl (C=O) groups is 2. The van der Waals surface area contributed by atoms with Gasteiger partial charge in [0.1, 0.15) is 11.4 Å². The summed E-state index contributed by atoms with van der Waals surface area (Å²) in [6.07, 6.45) is 5.35. The van der Waals surface area contributed by atoms with Crippen LogP contribution in [-0.2, 0) is 15.1 Å². The smallest absolute Gasteiger partial charge is 0.339 e. The van der Waals surface area contributed by atoms with Gasteiger partial charge in [0.2, 0.25) is 5.91 Å². The molecule has 1 spiro atoms. The molecule has 1 saturated heterocycles. The van der Waals surface area contributed by atoms with Gasteiger partial charge in [0.25, 0.3) is 0 Å². The molecule has 0 bridgehead atoms. The number of benzene rings is 1. The van der Waals surface area contributed by atoms with Gasteiger partial charge in [-0.1, -0.05) is 6.07 Å². The molecule has 1 saturated carbocycles. The maximum atomic E-state index is 12.9. The Balaban J connectivity index is 0.00000240. The highest BCUT2D eigenvalue weighted by molar-refractivity contribution is 5.96. The monoisotopic (exact) mass is 422 g/mol. The van der Waals surface area contributed by atoms with Gasteiger partial charge in [-0.3, -0.25) is 4.79 Å². The number of methoxy groups -OCH3 is 1. The number of hydrogen-bond acceptors (Lipinski definition) is 5. The van der Waals surface area contributed by atoms with E-state index < -0.39 is 5.60 Å². The van der Waals surface area contributed by atoms with Crippen LogP contribution in [0.4, 0.5) is 0 Å². The van der Waals surface area contributed by atoms with Gasteiger partial charge in [0.15, 0.2) is 0 Å². The Labute approximate surface area is 178 Å². The zero-order valence-electron chi connectivity index (χ0n) is 17.3. The van der Waals surface area contributed by atoms with E-state index in [9.17, 15) is 9.59 Å². The summed E-state index contributed by atoms with van der Waals surface area (Å²) in [7, 11) is 3.54. The van der Waals surface area contributed by atoms with Gasteiger partial charge in [-0.25, -0.2) is 4.79 Å². The van der Waals surface area contributed by atoms with E-state index in [0.717, 1.165) is 44.6 Å². The van der Waals surface area contributed by atoms with Crippen LogP contribution in [0.1, 0.15) is 54.4 Å². The predicted octanol–water partition coefficient (Wildman–Crippen LogP) is 3.23. The van der Waals surface area contributed by atoms with Crippen molar-refractivity contribution in [2.24, 2.45) is 5.92 Å². The molecular weight excluding hydrogens is 392 g/mol. The number of nitrogens with zero attached hydrogens (tertiary/aromatic N) is 2. The zero-order valence-corrected chi connectivity index (χ0v) is 18.1. The third-order valence-corrected chi connectivity index (χ3v) is 6.68. The van der Waals surface area contributed by atoms with Crippen LogP contribution in [0.2, 0.25) is 0 Å². The lowest BCUT2D eigenvalue weighted by Gasteiger charge is -2.37. The summed E-state index contributed by atoms with van der Waals surface area (Å²) in [6, 6.07) is 5.51. The Morgan fingerprint density at radius 3 is 2.62 bits per heavy atom. The van der Waals surface area contributed by atoms with E-state index >= 15 is 0 Å². The molecule has 2 fully saturated rings. The summed E-state index contributed by atoms with van der Waals surface area (Å²) in [5, 5.41) is 0. The van der Waals surface area contributed by atoms with Gasteiger partial charge >= 0.3 is 5.97 Å². The van der Waals surface area contributed by atoms with Crippen LogP contribution < -0.4 is 4.74 Å². The predicted molar refractivity (Wildman–Crippen MR) is 113 cm³/mol. The topological polar surface area (TPSA) is 59.1 Å². The molecule has 1 amide bonds. The quantitative estimate of drug-likeness (QED) is 0.682. The number of esters is 1. The SMILES string of the molecule is COc1cccc2c1C1(CCC(C(=O)N(C)CCN3CCCC3)CC1)OC2=O.Cl. The first-order valence-corrected chi connectivity index (χ1v) is 10.4.